The van der Waals surface area contributed by atoms with Gasteiger partial charge in [-0.05, 0) is 55.6 Å². The molecular weight excluding hydrogens is 508 g/mol. The van der Waals surface area contributed by atoms with Crippen LogP contribution in [-0.2, 0) is 14.6 Å². The minimum atomic E-state index is -3.72. The summed E-state index contributed by atoms with van der Waals surface area (Å²) in [5.74, 6) is -1.21. The van der Waals surface area contributed by atoms with E-state index >= 15 is 0 Å². The number of rotatable bonds is 10. The van der Waals surface area contributed by atoms with E-state index in [2.05, 4.69) is 9.88 Å². The van der Waals surface area contributed by atoms with E-state index in [0.717, 1.165) is 35.4 Å². The van der Waals surface area contributed by atoms with Crippen molar-refractivity contribution in [1.82, 2.24) is 9.88 Å². The van der Waals surface area contributed by atoms with Gasteiger partial charge >= 0.3 is 0 Å². The molecule has 0 saturated heterocycles. The molecular formula is C22H26Cl2FN3O3S2. The molecule has 0 aliphatic rings. The van der Waals surface area contributed by atoms with Crippen molar-refractivity contribution in [2.75, 3.05) is 36.8 Å². The maximum atomic E-state index is 13.1. The highest BCUT2D eigenvalue weighted by molar-refractivity contribution is 7.91. The van der Waals surface area contributed by atoms with Crippen LogP contribution >= 0.6 is 35.3 Å². The molecule has 0 saturated carbocycles. The molecule has 3 rings (SSSR count). The van der Waals surface area contributed by atoms with Gasteiger partial charge in [-0.25, -0.2) is 17.8 Å². The second-order valence-electron chi connectivity index (χ2n) is 7.20. The first-order valence-electron chi connectivity index (χ1n) is 10.3. The van der Waals surface area contributed by atoms with Crippen molar-refractivity contribution < 1.29 is 17.6 Å². The highest BCUT2D eigenvalue weighted by Gasteiger charge is 2.23. The van der Waals surface area contributed by atoms with E-state index in [1.807, 2.05) is 13.8 Å². The molecule has 0 bridgehead atoms. The van der Waals surface area contributed by atoms with E-state index in [0.29, 0.717) is 23.2 Å². The van der Waals surface area contributed by atoms with Crippen molar-refractivity contribution in [3.8, 4) is 0 Å². The lowest BCUT2D eigenvalue weighted by Gasteiger charge is -2.24. The number of aromatic nitrogens is 1. The van der Waals surface area contributed by atoms with E-state index in [9.17, 15) is 17.6 Å². The van der Waals surface area contributed by atoms with Crippen LogP contribution in [0.25, 0.3) is 10.2 Å². The Balaban J connectivity index is 0.00000385. The van der Waals surface area contributed by atoms with Crippen molar-refractivity contribution in [3.63, 3.8) is 0 Å². The number of halogens is 3. The molecule has 2 aromatic carbocycles. The van der Waals surface area contributed by atoms with Crippen LogP contribution in [-0.4, -0.2) is 56.1 Å². The fourth-order valence-corrected chi connectivity index (χ4v) is 5.74. The van der Waals surface area contributed by atoms with Gasteiger partial charge in [-0.15, -0.1) is 12.4 Å². The minimum absolute atomic E-state index is 0. The number of hydrogen-bond acceptors (Lipinski definition) is 6. The Morgan fingerprint density at radius 3 is 2.39 bits per heavy atom. The largest absolute Gasteiger partial charge is 0.302 e. The fourth-order valence-electron chi connectivity index (χ4n) is 3.23. The van der Waals surface area contributed by atoms with Crippen LogP contribution in [0.5, 0.6) is 0 Å². The molecule has 0 unspecified atom stereocenters. The summed E-state index contributed by atoms with van der Waals surface area (Å²) in [7, 11) is -3.72. The molecule has 11 heteroatoms. The number of amides is 1. The summed E-state index contributed by atoms with van der Waals surface area (Å²) in [6.07, 6.45) is -0.200. The van der Waals surface area contributed by atoms with E-state index < -0.39 is 15.7 Å². The number of carbonyl (C=O) groups excluding carboxylic acids is 1. The van der Waals surface area contributed by atoms with Gasteiger partial charge in [-0.2, -0.15) is 0 Å². The van der Waals surface area contributed by atoms with Crippen molar-refractivity contribution in [3.05, 3.63) is 53.3 Å². The Morgan fingerprint density at radius 2 is 1.76 bits per heavy atom. The Hall–Kier alpha value is -1.78. The molecule has 1 amide bonds. The molecule has 0 radical (unpaired) electrons. The maximum Gasteiger partial charge on any atom is 0.229 e. The molecule has 6 nitrogen and oxygen atoms in total. The smallest absolute Gasteiger partial charge is 0.229 e. The van der Waals surface area contributed by atoms with E-state index in [1.165, 1.54) is 23.5 Å². The normalized spacial score (nSPS) is 11.5. The van der Waals surface area contributed by atoms with Crippen LogP contribution in [0.4, 0.5) is 9.52 Å². The number of fused-ring (bicyclic) bond motifs is 1. The van der Waals surface area contributed by atoms with Gasteiger partial charge in [0.1, 0.15) is 5.82 Å². The molecule has 0 N–H and O–H groups in total. The highest BCUT2D eigenvalue weighted by atomic mass is 35.5. The SMILES string of the molecule is CCN(CC)CCN(C(=O)CCS(=O)(=O)c1ccc(F)cc1)c1nc2ccc(Cl)cc2s1.Cl. The topological polar surface area (TPSA) is 70.6 Å². The fraction of sp³-hybridized carbons (Fsp3) is 0.364. The van der Waals surface area contributed by atoms with Crippen molar-refractivity contribution in [2.24, 2.45) is 0 Å². The first-order valence-corrected chi connectivity index (χ1v) is 13.1. The van der Waals surface area contributed by atoms with Gasteiger partial charge in [-0.1, -0.05) is 36.8 Å². The van der Waals surface area contributed by atoms with Crippen molar-refractivity contribution in [2.45, 2.75) is 25.2 Å². The molecule has 0 fully saturated rings. The number of anilines is 1. The molecule has 0 spiro atoms. The standard InChI is InChI=1S/C22H25ClFN3O3S2.ClH/c1-3-26(4-2)12-13-27(22-25-19-10-5-16(23)15-20(19)31-22)21(28)11-14-32(29,30)18-8-6-17(24)7-9-18;/h5-10,15H,3-4,11-14H2,1-2H3;1H. The van der Waals surface area contributed by atoms with Gasteiger partial charge in [0.2, 0.25) is 5.91 Å². The second kappa shape index (κ2) is 12.1. The first-order chi connectivity index (χ1) is 15.2. The van der Waals surface area contributed by atoms with E-state index in [4.69, 9.17) is 11.6 Å². The van der Waals surface area contributed by atoms with E-state index in [-0.39, 0.29) is 35.4 Å². The second-order valence-corrected chi connectivity index (χ2v) is 10.8. The number of carbonyl (C=O) groups is 1. The van der Waals surface area contributed by atoms with Gasteiger partial charge in [0.25, 0.3) is 0 Å². The summed E-state index contributed by atoms with van der Waals surface area (Å²) in [6, 6.07) is 9.95. The third kappa shape index (κ3) is 7.10. The maximum absolute atomic E-state index is 13.1. The van der Waals surface area contributed by atoms with Gasteiger partial charge in [0.05, 0.1) is 20.9 Å². The summed E-state index contributed by atoms with van der Waals surface area (Å²) in [5.41, 5.74) is 0.731. The Kier molecular flexibility index (Phi) is 10.1. The third-order valence-electron chi connectivity index (χ3n) is 5.16. The highest BCUT2D eigenvalue weighted by Crippen LogP contribution is 2.31. The van der Waals surface area contributed by atoms with Crippen LogP contribution in [0.3, 0.4) is 0 Å². The molecule has 0 aliphatic heterocycles. The summed E-state index contributed by atoms with van der Waals surface area (Å²) in [6.45, 7) is 6.81. The predicted octanol–water partition coefficient (Wildman–Crippen LogP) is 5.05. The van der Waals surface area contributed by atoms with Crippen molar-refractivity contribution in [1.29, 1.82) is 0 Å². The quantitative estimate of drug-likeness (QED) is 0.341. The monoisotopic (exact) mass is 533 g/mol. The number of nitrogens with zero attached hydrogens (tertiary/aromatic N) is 3. The predicted molar refractivity (Wildman–Crippen MR) is 135 cm³/mol. The summed E-state index contributed by atoms with van der Waals surface area (Å²) in [5, 5.41) is 1.10. The van der Waals surface area contributed by atoms with Crippen LogP contribution in [0.2, 0.25) is 5.02 Å². The van der Waals surface area contributed by atoms with Crippen molar-refractivity contribution >= 4 is 66.4 Å². The van der Waals surface area contributed by atoms with Gasteiger partial charge in [-0.3, -0.25) is 9.69 Å². The Morgan fingerprint density at radius 1 is 1.09 bits per heavy atom. The number of thiazole rings is 1. The van der Waals surface area contributed by atoms with Crippen LogP contribution in [0, 0.1) is 5.82 Å². The zero-order valence-corrected chi connectivity index (χ0v) is 21.5. The van der Waals surface area contributed by atoms with E-state index in [1.54, 1.807) is 23.1 Å². The number of sulfone groups is 1. The molecule has 1 heterocycles. The van der Waals surface area contributed by atoms with Gasteiger partial charge < -0.3 is 4.90 Å². The summed E-state index contributed by atoms with van der Waals surface area (Å²) < 4.78 is 39.2. The summed E-state index contributed by atoms with van der Waals surface area (Å²) >= 11 is 7.43. The lowest BCUT2D eigenvalue weighted by molar-refractivity contribution is -0.118. The zero-order valence-electron chi connectivity index (χ0n) is 18.3. The Labute approximate surface area is 208 Å². The molecule has 0 aliphatic carbocycles. The lowest BCUT2D eigenvalue weighted by Crippen LogP contribution is -2.39. The third-order valence-corrected chi connectivity index (χ3v) is 8.17. The molecule has 1 aromatic heterocycles. The molecule has 33 heavy (non-hydrogen) atoms. The lowest BCUT2D eigenvalue weighted by atomic mass is 10.3. The van der Waals surface area contributed by atoms with Gasteiger partial charge in [0, 0.05) is 24.5 Å². The van der Waals surface area contributed by atoms with Crippen LogP contribution in [0.15, 0.2) is 47.4 Å². The van der Waals surface area contributed by atoms with Crippen LogP contribution in [0.1, 0.15) is 20.3 Å². The number of benzene rings is 2. The first kappa shape index (κ1) is 27.5. The Bertz CT molecular complexity index is 1180. The average Bonchev–Trinajstić information content (AvgIpc) is 3.18. The average molecular weight is 535 g/mol. The summed E-state index contributed by atoms with van der Waals surface area (Å²) in [4.78, 5) is 21.4. The number of likely N-dealkylation sites (N-methyl/N-ethyl adjacent to an activating group) is 1. The van der Waals surface area contributed by atoms with Gasteiger partial charge in [0.15, 0.2) is 15.0 Å². The van der Waals surface area contributed by atoms with Crippen LogP contribution < -0.4 is 4.90 Å². The molecule has 3 aromatic rings. The minimum Gasteiger partial charge on any atom is -0.302 e. The zero-order chi connectivity index (χ0) is 23.3. The molecule has 180 valence electrons. The molecule has 0 atom stereocenters. The number of hydrogen-bond donors (Lipinski definition) is 0.